The van der Waals surface area contributed by atoms with E-state index in [1.807, 2.05) is 30.3 Å². The zero-order valence-corrected chi connectivity index (χ0v) is 15.8. The first-order chi connectivity index (χ1) is 12.3. The summed E-state index contributed by atoms with van der Waals surface area (Å²) in [5, 5.41) is 9.24. The van der Waals surface area contributed by atoms with Crippen LogP contribution >= 0.6 is 7.37 Å². The topological polar surface area (TPSA) is 104 Å². The normalized spacial score (nSPS) is 22.2. The Bertz CT molecular complexity index is 665. The molecular formula is C18H26NO6P. The molecule has 1 aliphatic heterocycles. The SMILES string of the molecule is CO[C@H]1C[C@@H](C(=O)O)N(C(=O)CP(=O)(O)CCCCc2ccccc2)C1. The fraction of sp³-hybridized carbons (Fsp3) is 0.556. The van der Waals surface area contributed by atoms with Crippen molar-refractivity contribution in [3.63, 3.8) is 0 Å². The number of carboxylic acids is 1. The number of ether oxygens (including phenoxy) is 1. The van der Waals surface area contributed by atoms with Gasteiger partial charge in [0.1, 0.15) is 12.2 Å². The summed E-state index contributed by atoms with van der Waals surface area (Å²) < 4.78 is 17.5. The second-order valence-corrected chi connectivity index (χ2v) is 9.12. The largest absolute Gasteiger partial charge is 0.480 e. The number of carboxylic acid groups (broad SMARTS) is 1. The van der Waals surface area contributed by atoms with Crippen LogP contribution in [0.2, 0.25) is 0 Å². The van der Waals surface area contributed by atoms with Crippen LogP contribution in [0, 0.1) is 0 Å². The van der Waals surface area contributed by atoms with E-state index in [4.69, 9.17) is 4.74 Å². The first-order valence-electron chi connectivity index (χ1n) is 8.72. The van der Waals surface area contributed by atoms with E-state index in [1.54, 1.807) is 0 Å². The van der Waals surface area contributed by atoms with Gasteiger partial charge in [0.05, 0.1) is 6.10 Å². The lowest BCUT2D eigenvalue weighted by molar-refractivity contribution is -0.147. The Kier molecular flexibility index (Phi) is 7.38. The maximum Gasteiger partial charge on any atom is 0.326 e. The average Bonchev–Trinajstić information content (AvgIpc) is 3.04. The number of amides is 1. The summed E-state index contributed by atoms with van der Waals surface area (Å²) in [4.78, 5) is 35.0. The van der Waals surface area contributed by atoms with E-state index in [9.17, 15) is 24.2 Å². The molecule has 3 atom stereocenters. The van der Waals surface area contributed by atoms with E-state index in [0.29, 0.717) is 6.42 Å². The Balaban J connectivity index is 1.82. The Morgan fingerprint density at radius 1 is 1.27 bits per heavy atom. The second-order valence-electron chi connectivity index (χ2n) is 6.66. The van der Waals surface area contributed by atoms with E-state index in [-0.39, 0.29) is 25.2 Å². The van der Waals surface area contributed by atoms with Gasteiger partial charge >= 0.3 is 5.97 Å². The lowest BCUT2D eigenvalue weighted by Crippen LogP contribution is -2.42. The van der Waals surface area contributed by atoms with Gasteiger partial charge in [-0.25, -0.2) is 4.79 Å². The van der Waals surface area contributed by atoms with E-state index in [0.717, 1.165) is 17.7 Å². The molecule has 1 aromatic carbocycles. The highest BCUT2D eigenvalue weighted by Crippen LogP contribution is 2.42. The molecule has 1 heterocycles. The van der Waals surface area contributed by atoms with Crippen LogP contribution in [0.25, 0.3) is 0 Å². The fourth-order valence-electron chi connectivity index (χ4n) is 3.19. The van der Waals surface area contributed by atoms with Gasteiger partial charge in [-0.3, -0.25) is 9.36 Å². The van der Waals surface area contributed by atoms with Gasteiger partial charge in [0.25, 0.3) is 0 Å². The molecule has 0 spiro atoms. The molecule has 1 amide bonds. The lowest BCUT2D eigenvalue weighted by Gasteiger charge is -2.22. The standard InChI is InChI=1S/C18H26NO6P/c1-25-15-11-16(18(21)22)19(12-15)17(20)13-26(23,24)10-6-5-9-14-7-3-2-4-8-14/h2-4,7-8,15-16H,5-6,9-13H2,1H3,(H,21,22)(H,23,24)/t15-,16-/m0/s1. The number of benzene rings is 1. The Morgan fingerprint density at radius 2 is 1.96 bits per heavy atom. The first-order valence-corrected chi connectivity index (χ1v) is 10.8. The maximum absolute atomic E-state index is 12.4. The van der Waals surface area contributed by atoms with Crippen molar-refractivity contribution in [1.82, 2.24) is 4.90 Å². The number of hydrogen-bond donors (Lipinski definition) is 2. The molecule has 7 nitrogen and oxygen atoms in total. The predicted molar refractivity (Wildman–Crippen MR) is 97.5 cm³/mol. The molecule has 1 aromatic rings. The molecule has 0 aliphatic carbocycles. The van der Waals surface area contributed by atoms with E-state index >= 15 is 0 Å². The van der Waals surface area contributed by atoms with Crippen LogP contribution < -0.4 is 0 Å². The molecule has 0 saturated carbocycles. The number of aliphatic carboxylic acids is 1. The molecule has 1 saturated heterocycles. The summed E-state index contributed by atoms with van der Waals surface area (Å²) in [6.45, 7) is 0.139. The van der Waals surface area contributed by atoms with Crippen molar-refractivity contribution in [2.45, 2.75) is 37.8 Å². The number of rotatable bonds is 9. The molecule has 1 aliphatic rings. The van der Waals surface area contributed by atoms with Crippen LogP contribution in [0.4, 0.5) is 0 Å². The zero-order valence-electron chi connectivity index (χ0n) is 14.9. The molecule has 8 heteroatoms. The monoisotopic (exact) mass is 383 g/mol. The Labute approximate surface area is 153 Å². The number of carbonyl (C=O) groups is 2. The van der Waals surface area contributed by atoms with E-state index in [2.05, 4.69) is 0 Å². The summed E-state index contributed by atoms with van der Waals surface area (Å²) in [7, 11) is -2.17. The molecule has 26 heavy (non-hydrogen) atoms. The van der Waals surface area contributed by atoms with Gasteiger partial charge in [0.15, 0.2) is 0 Å². The zero-order chi connectivity index (χ0) is 19.2. The summed E-state index contributed by atoms with van der Waals surface area (Å²) in [5.41, 5.74) is 1.17. The summed E-state index contributed by atoms with van der Waals surface area (Å²) >= 11 is 0. The van der Waals surface area contributed by atoms with Gasteiger partial charge in [0, 0.05) is 26.2 Å². The Hall–Kier alpha value is -1.69. The number of aryl methyl sites for hydroxylation is 1. The van der Waals surface area contributed by atoms with Crippen LogP contribution in [0.15, 0.2) is 30.3 Å². The summed E-state index contributed by atoms with van der Waals surface area (Å²) in [5.74, 6) is -1.71. The van der Waals surface area contributed by atoms with Gasteiger partial charge in [-0.05, 0) is 24.8 Å². The minimum absolute atomic E-state index is 0.0604. The third kappa shape index (κ3) is 5.94. The van der Waals surface area contributed by atoms with Crippen LogP contribution in [0.3, 0.4) is 0 Å². The van der Waals surface area contributed by atoms with E-state index in [1.165, 1.54) is 12.7 Å². The minimum atomic E-state index is -3.63. The number of carbonyl (C=O) groups excluding carboxylic acids is 1. The molecule has 2 rings (SSSR count). The van der Waals surface area contributed by atoms with Crippen molar-refractivity contribution < 1.29 is 28.9 Å². The third-order valence-electron chi connectivity index (χ3n) is 4.65. The second kappa shape index (κ2) is 9.31. The third-order valence-corrected chi connectivity index (χ3v) is 6.43. The average molecular weight is 383 g/mol. The molecule has 2 N–H and O–H groups in total. The van der Waals surface area contributed by atoms with Gasteiger partial charge < -0.3 is 19.6 Å². The summed E-state index contributed by atoms with van der Waals surface area (Å²) in [6, 6.07) is 8.86. The van der Waals surface area contributed by atoms with Gasteiger partial charge in [-0.2, -0.15) is 0 Å². The maximum atomic E-state index is 12.4. The first kappa shape index (κ1) is 20.6. The van der Waals surface area contributed by atoms with Crippen molar-refractivity contribution in [2.24, 2.45) is 0 Å². The van der Waals surface area contributed by atoms with Gasteiger partial charge in [-0.1, -0.05) is 30.3 Å². The highest BCUT2D eigenvalue weighted by atomic mass is 31.2. The molecule has 0 aromatic heterocycles. The molecule has 144 valence electrons. The highest BCUT2D eigenvalue weighted by molar-refractivity contribution is 7.58. The van der Waals surface area contributed by atoms with Crippen LogP contribution in [0.1, 0.15) is 24.8 Å². The molecule has 0 bridgehead atoms. The van der Waals surface area contributed by atoms with Crippen molar-refractivity contribution in [2.75, 3.05) is 26.0 Å². The summed E-state index contributed by atoms with van der Waals surface area (Å²) in [6.07, 6.45) is 1.50. The highest BCUT2D eigenvalue weighted by Gasteiger charge is 2.41. The number of methoxy groups -OCH3 is 1. The van der Waals surface area contributed by atoms with Crippen LogP contribution in [0.5, 0.6) is 0 Å². The predicted octanol–water partition coefficient (Wildman–Crippen LogP) is 1.98. The van der Waals surface area contributed by atoms with Crippen LogP contribution in [-0.2, 0) is 25.3 Å². The fourth-order valence-corrected chi connectivity index (χ4v) is 4.67. The van der Waals surface area contributed by atoms with E-state index < -0.39 is 31.4 Å². The van der Waals surface area contributed by atoms with Crippen molar-refractivity contribution in [3.8, 4) is 0 Å². The van der Waals surface area contributed by atoms with Gasteiger partial charge in [-0.15, -0.1) is 0 Å². The van der Waals surface area contributed by atoms with Crippen molar-refractivity contribution in [3.05, 3.63) is 35.9 Å². The molecule has 1 fully saturated rings. The number of nitrogens with zero attached hydrogens (tertiary/aromatic N) is 1. The Morgan fingerprint density at radius 3 is 2.58 bits per heavy atom. The minimum Gasteiger partial charge on any atom is -0.480 e. The number of unbranched alkanes of at least 4 members (excludes halogenated alkanes) is 1. The molecular weight excluding hydrogens is 357 g/mol. The number of likely N-dealkylation sites (tertiary alicyclic amines) is 1. The van der Waals surface area contributed by atoms with Crippen LogP contribution in [-0.4, -0.2) is 64.9 Å². The van der Waals surface area contributed by atoms with Crippen molar-refractivity contribution in [1.29, 1.82) is 0 Å². The lowest BCUT2D eigenvalue weighted by atomic mass is 10.1. The van der Waals surface area contributed by atoms with Crippen molar-refractivity contribution >= 4 is 19.2 Å². The quantitative estimate of drug-likeness (QED) is 0.499. The number of hydrogen-bond acceptors (Lipinski definition) is 4. The van der Waals surface area contributed by atoms with Gasteiger partial charge in [0.2, 0.25) is 13.3 Å². The molecule has 0 radical (unpaired) electrons. The smallest absolute Gasteiger partial charge is 0.326 e. The molecule has 1 unspecified atom stereocenters.